The molecule has 0 aliphatic carbocycles. The van der Waals surface area contributed by atoms with Crippen LogP contribution in [0.4, 0.5) is 5.69 Å². The molecule has 0 bridgehead atoms. The number of nitrogens with one attached hydrogen (secondary N) is 2. The molecule has 2 rings (SSSR count). The summed E-state index contributed by atoms with van der Waals surface area (Å²) in [4.78, 5) is 11.3. The maximum absolute atomic E-state index is 12.3. The first kappa shape index (κ1) is 13.8. The molecule has 0 saturated carbocycles. The molecule has 0 radical (unpaired) electrons. The van der Waals surface area contributed by atoms with E-state index in [1.54, 1.807) is 12.1 Å². The summed E-state index contributed by atoms with van der Waals surface area (Å²) in [5.41, 5.74) is 6.76. The smallest absolute Gasteiger partial charge is 0.241 e. The lowest BCUT2D eigenvalue weighted by Gasteiger charge is -2.14. The standard InChI is InChI=1S/C12H17N3O3S/c1-2-8-3-4-9(13)5-11(8)19(17,18)15-10-6-12(16)14-7-10/h3-5,10,15H,2,6-7,13H2,1H3,(H,14,16). The van der Waals surface area contributed by atoms with Crippen LogP contribution in [-0.4, -0.2) is 26.9 Å². The van der Waals surface area contributed by atoms with Crippen LogP contribution >= 0.6 is 0 Å². The Morgan fingerprint density at radius 2 is 2.21 bits per heavy atom. The summed E-state index contributed by atoms with van der Waals surface area (Å²) in [6, 6.07) is 4.44. The maximum atomic E-state index is 12.3. The summed E-state index contributed by atoms with van der Waals surface area (Å²) in [6.45, 7) is 2.20. The quantitative estimate of drug-likeness (QED) is 0.677. The molecule has 1 atom stereocenters. The number of benzene rings is 1. The minimum Gasteiger partial charge on any atom is -0.399 e. The predicted octanol–water partition coefficient (Wildman–Crippen LogP) is -0.00200. The Kier molecular flexibility index (Phi) is 3.77. The SMILES string of the molecule is CCc1ccc(N)cc1S(=O)(=O)NC1CNC(=O)C1. The fraction of sp³-hybridized carbons (Fsp3) is 0.417. The van der Waals surface area contributed by atoms with Crippen LogP contribution in [0.25, 0.3) is 0 Å². The van der Waals surface area contributed by atoms with Gasteiger partial charge in [0.05, 0.1) is 4.90 Å². The summed E-state index contributed by atoms with van der Waals surface area (Å²) in [5.74, 6) is -0.143. The van der Waals surface area contributed by atoms with Gasteiger partial charge in [-0.2, -0.15) is 0 Å². The van der Waals surface area contributed by atoms with Gasteiger partial charge in [0.1, 0.15) is 0 Å². The second kappa shape index (κ2) is 5.18. The molecule has 104 valence electrons. The number of sulfonamides is 1. The highest BCUT2D eigenvalue weighted by Gasteiger charge is 2.28. The number of carbonyl (C=O) groups is 1. The molecule has 4 N–H and O–H groups in total. The molecule has 1 aliphatic heterocycles. The molecule has 1 unspecified atom stereocenters. The highest BCUT2D eigenvalue weighted by molar-refractivity contribution is 7.89. The van der Waals surface area contributed by atoms with Gasteiger partial charge < -0.3 is 11.1 Å². The monoisotopic (exact) mass is 283 g/mol. The third kappa shape index (κ3) is 3.05. The largest absolute Gasteiger partial charge is 0.399 e. The van der Waals surface area contributed by atoms with E-state index in [0.717, 1.165) is 0 Å². The van der Waals surface area contributed by atoms with Crippen LogP contribution in [0.1, 0.15) is 18.9 Å². The number of anilines is 1. The van der Waals surface area contributed by atoms with Crippen molar-refractivity contribution in [1.82, 2.24) is 10.0 Å². The minimum absolute atomic E-state index is 0.143. The van der Waals surface area contributed by atoms with Crippen molar-refractivity contribution < 1.29 is 13.2 Å². The number of hydrogen-bond donors (Lipinski definition) is 3. The number of hydrogen-bond acceptors (Lipinski definition) is 4. The maximum Gasteiger partial charge on any atom is 0.241 e. The summed E-state index contributed by atoms with van der Waals surface area (Å²) in [6.07, 6.45) is 0.765. The van der Waals surface area contributed by atoms with E-state index in [2.05, 4.69) is 10.0 Å². The molecule has 1 saturated heterocycles. The third-order valence-corrected chi connectivity index (χ3v) is 4.66. The van der Waals surface area contributed by atoms with Gasteiger partial charge in [-0.3, -0.25) is 4.79 Å². The van der Waals surface area contributed by atoms with E-state index < -0.39 is 16.1 Å². The Bertz CT molecular complexity index is 598. The molecule has 1 aliphatic rings. The van der Waals surface area contributed by atoms with E-state index in [4.69, 9.17) is 5.73 Å². The van der Waals surface area contributed by atoms with Crippen LogP contribution in [-0.2, 0) is 21.2 Å². The lowest BCUT2D eigenvalue weighted by molar-refractivity contribution is -0.119. The van der Waals surface area contributed by atoms with Crippen molar-refractivity contribution in [3.63, 3.8) is 0 Å². The molecule has 1 aromatic carbocycles. The van der Waals surface area contributed by atoms with Crippen molar-refractivity contribution in [2.24, 2.45) is 0 Å². The van der Waals surface area contributed by atoms with E-state index >= 15 is 0 Å². The lowest BCUT2D eigenvalue weighted by Crippen LogP contribution is -2.36. The van der Waals surface area contributed by atoms with Crippen LogP contribution < -0.4 is 15.8 Å². The fourth-order valence-electron chi connectivity index (χ4n) is 2.08. The third-order valence-electron chi connectivity index (χ3n) is 3.06. The second-order valence-corrected chi connectivity index (χ2v) is 6.23. The summed E-state index contributed by atoms with van der Waals surface area (Å²) < 4.78 is 27.2. The molecule has 1 fully saturated rings. The zero-order chi connectivity index (χ0) is 14.0. The van der Waals surface area contributed by atoms with Crippen LogP contribution in [0.5, 0.6) is 0 Å². The van der Waals surface area contributed by atoms with Gasteiger partial charge in [-0.25, -0.2) is 13.1 Å². The van der Waals surface area contributed by atoms with Crippen LogP contribution in [0.15, 0.2) is 23.1 Å². The van der Waals surface area contributed by atoms with Gasteiger partial charge in [-0.05, 0) is 24.1 Å². The summed E-state index contributed by atoms with van der Waals surface area (Å²) >= 11 is 0. The first-order chi connectivity index (χ1) is 8.92. The number of aryl methyl sites for hydroxylation is 1. The van der Waals surface area contributed by atoms with Crippen molar-refractivity contribution in [3.8, 4) is 0 Å². The number of carbonyl (C=O) groups excluding carboxylic acids is 1. The molecular formula is C12H17N3O3S. The summed E-state index contributed by atoms with van der Waals surface area (Å²) in [5, 5.41) is 2.59. The van der Waals surface area contributed by atoms with E-state index in [0.29, 0.717) is 24.2 Å². The normalized spacial score (nSPS) is 19.4. The van der Waals surface area contributed by atoms with E-state index in [1.165, 1.54) is 6.07 Å². The Hall–Kier alpha value is -1.60. The van der Waals surface area contributed by atoms with Gasteiger partial charge in [-0.15, -0.1) is 0 Å². The highest BCUT2D eigenvalue weighted by Crippen LogP contribution is 2.20. The number of nitrogen functional groups attached to an aromatic ring is 1. The zero-order valence-electron chi connectivity index (χ0n) is 10.6. The van der Waals surface area contributed by atoms with Gasteiger partial charge in [0.25, 0.3) is 0 Å². The Labute approximate surface area is 112 Å². The Balaban J connectivity index is 2.28. The average molecular weight is 283 g/mol. The molecule has 6 nitrogen and oxygen atoms in total. The second-order valence-electron chi connectivity index (χ2n) is 4.55. The highest BCUT2D eigenvalue weighted by atomic mass is 32.2. The molecule has 1 aromatic rings. The van der Waals surface area contributed by atoms with Gasteiger partial charge in [-0.1, -0.05) is 13.0 Å². The molecule has 0 aromatic heterocycles. The number of rotatable bonds is 4. The average Bonchev–Trinajstić information content (AvgIpc) is 2.74. The summed E-state index contributed by atoms with van der Waals surface area (Å²) in [7, 11) is -3.65. The van der Waals surface area contributed by atoms with Crippen molar-refractivity contribution in [2.45, 2.75) is 30.7 Å². The van der Waals surface area contributed by atoms with Gasteiger partial charge >= 0.3 is 0 Å². The molecular weight excluding hydrogens is 266 g/mol. The Morgan fingerprint density at radius 3 is 2.79 bits per heavy atom. The van der Waals surface area contributed by atoms with E-state index in [-0.39, 0.29) is 17.2 Å². The first-order valence-corrected chi connectivity index (χ1v) is 7.58. The first-order valence-electron chi connectivity index (χ1n) is 6.10. The molecule has 0 spiro atoms. The topological polar surface area (TPSA) is 101 Å². The molecule has 1 heterocycles. The number of amides is 1. The van der Waals surface area contributed by atoms with Gasteiger partial charge in [0, 0.05) is 24.7 Å². The zero-order valence-corrected chi connectivity index (χ0v) is 11.5. The van der Waals surface area contributed by atoms with Crippen LogP contribution in [0.3, 0.4) is 0 Å². The fourth-order valence-corrected chi connectivity index (χ4v) is 3.67. The Morgan fingerprint density at radius 1 is 1.47 bits per heavy atom. The van der Waals surface area contributed by atoms with E-state index in [1.807, 2.05) is 6.92 Å². The molecule has 7 heteroatoms. The van der Waals surface area contributed by atoms with Gasteiger partial charge in [0.2, 0.25) is 15.9 Å². The molecule has 19 heavy (non-hydrogen) atoms. The van der Waals surface area contributed by atoms with Crippen molar-refractivity contribution in [1.29, 1.82) is 0 Å². The van der Waals surface area contributed by atoms with Gasteiger partial charge in [0.15, 0.2) is 0 Å². The minimum atomic E-state index is -3.65. The molecule has 1 amide bonds. The number of nitrogens with two attached hydrogens (primary N) is 1. The lowest BCUT2D eigenvalue weighted by atomic mass is 10.1. The van der Waals surface area contributed by atoms with Crippen molar-refractivity contribution in [3.05, 3.63) is 23.8 Å². The predicted molar refractivity (Wildman–Crippen MR) is 72.0 cm³/mol. The van der Waals surface area contributed by atoms with Crippen LogP contribution in [0.2, 0.25) is 0 Å². The van der Waals surface area contributed by atoms with Crippen LogP contribution in [0, 0.1) is 0 Å². The van der Waals surface area contributed by atoms with Crippen molar-refractivity contribution in [2.75, 3.05) is 12.3 Å². The van der Waals surface area contributed by atoms with Crippen molar-refractivity contribution >= 4 is 21.6 Å². The van der Waals surface area contributed by atoms with E-state index in [9.17, 15) is 13.2 Å².